The van der Waals surface area contributed by atoms with Gasteiger partial charge < -0.3 is 21.5 Å². The summed E-state index contributed by atoms with van der Waals surface area (Å²) in [5.41, 5.74) is 6.54. The fourth-order valence-corrected chi connectivity index (χ4v) is 1.73. The van der Waals surface area contributed by atoms with Gasteiger partial charge in [-0.05, 0) is 31.0 Å². The first kappa shape index (κ1) is 14.5. The Bertz CT molecular complexity index is 337. The van der Waals surface area contributed by atoms with Crippen molar-refractivity contribution in [2.75, 3.05) is 19.6 Å². The van der Waals surface area contributed by atoms with Crippen LogP contribution in [-0.2, 0) is 6.54 Å². The minimum atomic E-state index is -0.924. The summed E-state index contributed by atoms with van der Waals surface area (Å²) in [6.45, 7) is 3.19. The molecule has 0 radical (unpaired) electrons. The first-order chi connectivity index (χ1) is 8.72. The summed E-state index contributed by atoms with van der Waals surface area (Å²) >= 11 is 0. The molecule has 18 heavy (non-hydrogen) atoms. The summed E-state index contributed by atoms with van der Waals surface area (Å²) in [4.78, 5) is 10.0. The first-order valence-corrected chi connectivity index (χ1v) is 6.14. The van der Waals surface area contributed by atoms with Crippen molar-refractivity contribution in [3.63, 3.8) is 0 Å². The highest BCUT2D eigenvalue weighted by molar-refractivity contribution is 5.64. The molecule has 1 atom stereocenters. The van der Waals surface area contributed by atoms with Crippen LogP contribution in [0, 0.1) is 5.92 Å². The van der Waals surface area contributed by atoms with Crippen LogP contribution in [0.15, 0.2) is 30.3 Å². The largest absolute Gasteiger partial charge is 0.465 e. The Morgan fingerprint density at radius 2 is 2.17 bits per heavy atom. The molecule has 1 heterocycles. The van der Waals surface area contributed by atoms with Gasteiger partial charge >= 0.3 is 6.09 Å². The van der Waals surface area contributed by atoms with Gasteiger partial charge in [-0.25, -0.2) is 4.79 Å². The molecule has 100 valence electrons. The molecule has 2 rings (SSSR count). The second-order valence-corrected chi connectivity index (χ2v) is 4.23. The Kier molecular flexibility index (Phi) is 6.83. The van der Waals surface area contributed by atoms with Gasteiger partial charge in [0, 0.05) is 13.1 Å². The summed E-state index contributed by atoms with van der Waals surface area (Å²) in [5.74, 6) is 0.496. The molecule has 1 aliphatic heterocycles. The van der Waals surface area contributed by atoms with Gasteiger partial charge in [-0.1, -0.05) is 30.3 Å². The van der Waals surface area contributed by atoms with Crippen molar-refractivity contribution in [3.8, 4) is 0 Å². The number of amides is 1. The lowest BCUT2D eigenvalue weighted by Gasteiger charge is -2.05. The lowest BCUT2D eigenvalue weighted by atomic mass is 10.1. The molecule has 5 N–H and O–H groups in total. The number of benzene rings is 1. The number of nitrogens with one attached hydrogen (secondary N) is 2. The maximum Gasteiger partial charge on any atom is 0.404 e. The fraction of sp³-hybridized carbons (Fsp3) is 0.462. The number of carboxylic acid groups (broad SMARTS) is 1. The smallest absolute Gasteiger partial charge is 0.404 e. The van der Waals surface area contributed by atoms with E-state index in [1.165, 1.54) is 5.56 Å². The van der Waals surface area contributed by atoms with Crippen LogP contribution in [0.25, 0.3) is 0 Å². The van der Waals surface area contributed by atoms with Crippen molar-refractivity contribution < 1.29 is 9.90 Å². The van der Waals surface area contributed by atoms with Crippen molar-refractivity contribution in [2.45, 2.75) is 13.0 Å². The van der Waals surface area contributed by atoms with E-state index in [9.17, 15) is 4.79 Å². The number of carbonyl (C=O) groups is 1. The summed E-state index contributed by atoms with van der Waals surface area (Å²) in [6, 6.07) is 9.99. The van der Waals surface area contributed by atoms with Crippen LogP contribution in [0.3, 0.4) is 0 Å². The molecule has 0 aliphatic carbocycles. The fourth-order valence-electron chi connectivity index (χ4n) is 1.73. The highest BCUT2D eigenvalue weighted by atomic mass is 16.4. The number of hydrogen-bond acceptors (Lipinski definition) is 3. The van der Waals surface area contributed by atoms with Gasteiger partial charge in [0.25, 0.3) is 0 Å². The predicted octanol–water partition coefficient (Wildman–Crippen LogP) is 1.01. The first-order valence-electron chi connectivity index (χ1n) is 6.14. The van der Waals surface area contributed by atoms with Crippen molar-refractivity contribution in [2.24, 2.45) is 11.7 Å². The molecule has 1 amide bonds. The summed E-state index contributed by atoms with van der Waals surface area (Å²) < 4.78 is 0. The van der Waals surface area contributed by atoms with Gasteiger partial charge in [0.2, 0.25) is 0 Å². The van der Waals surface area contributed by atoms with Crippen molar-refractivity contribution in [1.29, 1.82) is 0 Å². The molecule has 1 aliphatic rings. The molecule has 1 fully saturated rings. The molecule has 5 heteroatoms. The molecule has 5 nitrogen and oxygen atoms in total. The van der Waals surface area contributed by atoms with E-state index in [1.807, 2.05) is 30.3 Å². The molecule has 1 unspecified atom stereocenters. The van der Waals surface area contributed by atoms with Crippen molar-refractivity contribution in [3.05, 3.63) is 35.9 Å². The van der Waals surface area contributed by atoms with Gasteiger partial charge in [-0.3, -0.25) is 0 Å². The van der Waals surface area contributed by atoms with Crippen LogP contribution < -0.4 is 16.4 Å². The van der Waals surface area contributed by atoms with Crippen LogP contribution in [0.5, 0.6) is 0 Å². The van der Waals surface area contributed by atoms with Gasteiger partial charge in [0.1, 0.15) is 0 Å². The standard InChI is InChI=1S/C7H9N.C6H12N2O2/c8-6-7-4-2-1-3-5-7;9-6(10)8-4-5-1-2-7-3-5/h1-5H,6,8H2;5,7-8H,1-4H2,(H,9,10). The van der Waals surface area contributed by atoms with E-state index in [0.717, 1.165) is 19.5 Å². The summed E-state index contributed by atoms with van der Waals surface area (Å²) in [5, 5.41) is 13.8. The van der Waals surface area contributed by atoms with Crippen LogP contribution in [0.4, 0.5) is 4.79 Å². The second kappa shape index (κ2) is 8.49. The molecule has 0 aromatic heterocycles. The maximum absolute atomic E-state index is 10.0. The van der Waals surface area contributed by atoms with Gasteiger partial charge in [0.05, 0.1) is 0 Å². The minimum absolute atomic E-state index is 0.496. The van der Waals surface area contributed by atoms with E-state index in [2.05, 4.69) is 10.6 Å². The van der Waals surface area contributed by atoms with E-state index in [0.29, 0.717) is 19.0 Å². The van der Waals surface area contributed by atoms with E-state index in [1.54, 1.807) is 0 Å². The van der Waals surface area contributed by atoms with Gasteiger partial charge in [-0.2, -0.15) is 0 Å². The van der Waals surface area contributed by atoms with Crippen LogP contribution in [0.1, 0.15) is 12.0 Å². The number of hydrogen-bond donors (Lipinski definition) is 4. The van der Waals surface area contributed by atoms with E-state index >= 15 is 0 Å². The molecule has 1 aromatic carbocycles. The summed E-state index contributed by atoms with van der Waals surface area (Å²) in [6.07, 6.45) is 0.159. The zero-order valence-electron chi connectivity index (χ0n) is 10.4. The maximum atomic E-state index is 10.0. The Morgan fingerprint density at radius 3 is 2.61 bits per heavy atom. The molecule has 0 spiro atoms. The van der Waals surface area contributed by atoms with Crippen LogP contribution >= 0.6 is 0 Å². The Morgan fingerprint density at radius 1 is 1.44 bits per heavy atom. The highest BCUT2D eigenvalue weighted by Gasteiger charge is 2.14. The Balaban J connectivity index is 0.000000184. The number of nitrogens with two attached hydrogens (primary N) is 1. The Hall–Kier alpha value is -1.59. The molecule has 0 saturated carbocycles. The minimum Gasteiger partial charge on any atom is -0.465 e. The molecular weight excluding hydrogens is 230 g/mol. The van der Waals surface area contributed by atoms with Crippen LogP contribution in [-0.4, -0.2) is 30.8 Å². The normalized spacial score (nSPS) is 17.7. The average Bonchev–Trinajstić information content (AvgIpc) is 2.91. The quantitative estimate of drug-likeness (QED) is 0.645. The van der Waals surface area contributed by atoms with E-state index in [-0.39, 0.29) is 0 Å². The number of rotatable bonds is 3. The third kappa shape index (κ3) is 6.22. The lowest BCUT2D eigenvalue weighted by Crippen LogP contribution is -2.28. The topological polar surface area (TPSA) is 87.4 Å². The predicted molar refractivity (Wildman–Crippen MR) is 71.3 cm³/mol. The third-order valence-corrected chi connectivity index (χ3v) is 2.78. The monoisotopic (exact) mass is 251 g/mol. The molecular formula is C13H21N3O2. The highest BCUT2D eigenvalue weighted by Crippen LogP contribution is 2.04. The molecule has 1 aromatic rings. The molecule has 0 bridgehead atoms. The average molecular weight is 251 g/mol. The zero-order chi connectivity index (χ0) is 13.2. The SMILES string of the molecule is NCc1ccccc1.O=C(O)NCC1CCNC1. The Labute approximate surface area is 107 Å². The van der Waals surface area contributed by atoms with E-state index < -0.39 is 6.09 Å². The molecule has 1 saturated heterocycles. The van der Waals surface area contributed by atoms with Crippen molar-refractivity contribution in [1.82, 2.24) is 10.6 Å². The second-order valence-electron chi connectivity index (χ2n) is 4.23. The zero-order valence-corrected chi connectivity index (χ0v) is 10.4. The third-order valence-electron chi connectivity index (χ3n) is 2.78. The van der Waals surface area contributed by atoms with Gasteiger partial charge in [-0.15, -0.1) is 0 Å². The van der Waals surface area contributed by atoms with Crippen molar-refractivity contribution >= 4 is 6.09 Å². The van der Waals surface area contributed by atoms with Gasteiger partial charge in [0.15, 0.2) is 0 Å². The van der Waals surface area contributed by atoms with Crippen LogP contribution in [0.2, 0.25) is 0 Å². The lowest BCUT2D eigenvalue weighted by molar-refractivity contribution is 0.192. The summed E-state index contributed by atoms with van der Waals surface area (Å²) in [7, 11) is 0. The van der Waals surface area contributed by atoms with E-state index in [4.69, 9.17) is 10.8 Å².